The number of hydrogen-bond acceptors (Lipinski definition) is 4. The standard InChI is InChI=1S/C18H18N4O3/c23-16-7-3-9-22(16)15-6-1-5-14(10-15)21-18(25)17(24)20-12-13-4-2-8-19-11-13/h1-2,4-6,8,10-11H,3,7,9,12H2,(H,20,24)(H,21,25). The van der Waals surface area contributed by atoms with Crippen LogP contribution in [0.15, 0.2) is 48.8 Å². The average molecular weight is 338 g/mol. The molecule has 2 N–H and O–H groups in total. The molecule has 0 saturated carbocycles. The Bertz CT molecular complexity index is 792. The average Bonchev–Trinajstić information content (AvgIpc) is 3.06. The van der Waals surface area contributed by atoms with Gasteiger partial charge in [-0.05, 0) is 36.2 Å². The highest BCUT2D eigenvalue weighted by atomic mass is 16.2. The second kappa shape index (κ2) is 7.57. The molecule has 1 fully saturated rings. The highest BCUT2D eigenvalue weighted by Crippen LogP contribution is 2.24. The number of nitrogens with one attached hydrogen (secondary N) is 2. The van der Waals surface area contributed by atoms with Crippen molar-refractivity contribution in [3.8, 4) is 0 Å². The van der Waals surface area contributed by atoms with Crippen LogP contribution in [0.2, 0.25) is 0 Å². The molecule has 0 atom stereocenters. The maximum atomic E-state index is 12.0. The van der Waals surface area contributed by atoms with E-state index < -0.39 is 11.8 Å². The summed E-state index contributed by atoms with van der Waals surface area (Å²) in [5.74, 6) is -1.42. The van der Waals surface area contributed by atoms with Gasteiger partial charge in [-0.15, -0.1) is 0 Å². The van der Waals surface area contributed by atoms with Crippen LogP contribution in [0.25, 0.3) is 0 Å². The Morgan fingerprint density at radius 2 is 2.04 bits per heavy atom. The monoisotopic (exact) mass is 338 g/mol. The number of carbonyl (C=O) groups is 3. The van der Waals surface area contributed by atoms with Crippen LogP contribution in [0.1, 0.15) is 18.4 Å². The Morgan fingerprint density at radius 1 is 1.16 bits per heavy atom. The van der Waals surface area contributed by atoms with Crippen LogP contribution in [-0.2, 0) is 20.9 Å². The molecule has 7 heteroatoms. The predicted molar refractivity (Wildman–Crippen MR) is 92.7 cm³/mol. The molecule has 2 aromatic rings. The molecule has 1 aromatic carbocycles. The van der Waals surface area contributed by atoms with Crippen molar-refractivity contribution in [2.24, 2.45) is 0 Å². The summed E-state index contributed by atoms with van der Waals surface area (Å²) < 4.78 is 0. The maximum absolute atomic E-state index is 12.0. The third-order valence-corrected chi connectivity index (χ3v) is 3.87. The Morgan fingerprint density at radius 3 is 2.76 bits per heavy atom. The normalized spacial score (nSPS) is 13.6. The summed E-state index contributed by atoms with van der Waals surface area (Å²) in [5, 5.41) is 5.09. The van der Waals surface area contributed by atoms with Crippen molar-refractivity contribution in [2.45, 2.75) is 19.4 Å². The molecular weight excluding hydrogens is 320 g/mol. The second-order valence-corrected chi connectivity index (χ2v) is 5.70. The molecule has 1 saturated heterocycles. The molecule has 0 radical (unpaired) electrons. The number of aromatic nitrogens is 1. The quantitative estimate of drug-likeness (QED) is 0.826. The van der Waals surface area contributed by atoms with Gasteiger partial charge in [0, 0.05) is 43.3 Å². The molecule has 7 nitrogen and oxygen atoms in total. The fraction of sp³-hybridized carbons (Fsp3) is 0.222. The highest BCUT2D eigenvalue weighted by Gasteiger charge is 2.22. The molecule has 0 bridgehead atoms. The maximum Gasteiger partial charge on any atom is 0.313 e. The van der Waals surface area contributed by atoms with Crippen LogP contribution in [0.4, 0.5) is 11.4 Å². The summed E-state index contributed by atoms with van der Waals surface area (Å²) in [4.78, 5) is 41.3. The number of rotatable bonds is 4. The summed E-state index contributed by atoms with van der Waals surface area (Å²) in [6.07, 6.45) is 4.62. The molecule has 25 heavy (non-hydrogen) atoms. The smallest absolute Gasteiger partial charge is 0.313 e. The second-order valence-electron chi connectivity index (χ2n) is 5.70. The third-order valence-electron chi connectivity index (χ3n) is 3.87. The number of benzene rings is 1. The van der Waals surface area contributed by atoms with Crippen LogP contribution in [0, 0.1) is 0 Å². The number of hydrogen-bond donors (Lipinski definition) is 2. The van der Waals surface area contributed by atoms with Gasteiger partial charge < -0.3 is 15.5 Å². The Kier molecular flexibility index (Phi) is 5.03. The lowest BCUT2D eigenvalue weighted by molar-refractivity contribution is -0.136. The molecule has 0 spiro atoms. The van der Waals surface area contributed by atoms with Gasteiger partial charge in [0.2, 0.25) is 5.91 Å². The minimum absolute atomic E-state index is 0.0673. The molecule has 0 aliphatic carbocycles. The largest absolute Gasteiger partial charge is 0.344 e. The van der Waals surface area contributed by atoms with E-state index in [1.165, 1.54) is 0 Å². The molecule has 1 aliphatic rings. The topological polar surface area (TPSA) is 91.4 Å². The van der Waals surface area contributed by atoms with Crippen molar-refractivity contribution in [2.75, 3.05) is 16.8 Å². The fourth-order valence-corrected chi connectivity index (χ4v) is 2.63. The predicted octanol–water partition coefficient (Wildman–Crippen LogP) is 1.46. The van der Waals surface area contributed by atoms with E-state index in [9.17, 15) is 14.4 Å². The van der Waals surface area contributed by atoms with Gasteiger partial charge in [-0.1, -0.05) is 12.1 Å². The zero-order valence-corrected chi connectivity index (χ0v) is 13.6. The summed E-state index contributed by atoms with van der Waals surface area (Å²) in [7, 11) is 0. The zero-order chi connectivity index (χ0) is 17.6. The SMILES string of the molecule is O=C(NCc1cccnc1)C(=O)Nc1cccc(N2CCCC2=O)c1. The molecular formula is C18H18N4O3. The first-order chi connectivity index (χ1) is 12.1. The molecule has 0 unspecified atom stereocenters. The molecule has 3 rings (SSSR count). The Hall–Kier alpha value is -3.22. The number of pyridine rings is 1. The van der Waals surface area contributed by atoms with Crippen LogP contribution in [0.5, 0.6) is 0 Å². The highest BCUT2D eigenvalue weighted by molar-refractivity contribution is 6.39. The number of carbonyl (C=O) groups excluding carboxylic acids is 3. The fourth-order valence-electron chi connectivity index (χ4n) is 2.63. The van der Waals surface area contributed by atoms with E-state index in [1.807, 2.05) is 6.07 Å². The first kappa shape index (κ1) is 16.6. The van der Waals surface area contributed by atoms with Crippen LogP contribution >= 0.6 is 0 Å². The van der Waals surface area contributed by atoms with Gasteiger partial charge in [0.1, 0.15) is 0 Å². The van der Waals surface area contributed by atoms with E-state index in [-0.39, 0.29) is 12.5 Å². The first-order valence-corrected chi connectivity index (χ1v) is 8.02. The number of anilines is 2. The Balaban J connectivity index is 1.59. The van der Waals surface area contributed by atoms with E-state index in [0.29, 0.717) is 18.7 Å². The lowest BCUT2D eigenvalue weighted by Crippen LogP contribution is -2.35. The van der Waals surface area contributed by atoms with Gasteiger partial charge in [-0.3, -0.25) is 19.4 Å². The van der Waals surface area contributed by atoms with Crippen molar-refractivity contribution in [1.29, 1.82) is 0 Å². The molecule has 2 heterocycles. The summed E-state index contributed by atoms with van der Waals surface area (Å²) in [5.41, 5.74) is 1.99. The van der Waals surface area contributed by atoms with Gasteiger partial charge in [0.15, 0.2) is 0 Å². The number of nitrogens with zero attached hydrogens (tertiary/aromatic N) is 2. The van der Waals surface area contributed by atoms with Crippen molar-refractivity contribution < 1.29 is 14.4 Å². The van der Waals surface area contributed by atoms with Crippen molar-refractivity contribution in [3.05, 3.63) is 54.4 Å². The van der Waals surface area contributed by atoms with Crippen LogP contribution < -0.4 is 15.5 Å². The van der Waals surface area contributed by atoms with Gasteiger partial charge in [-0.2, -0.15) is 0 Å². The van der Waals surface area contributed by atoms with E-state index >= 15 is 0 Å². The van der Waals surface area contributed by atoms with Crippen LogP contribution in [0.3, 0.4) is 0 Å². The van der Waals surface area contributed by atoms with Crippen molar-refractivity contribution in [1.82, 2.24) is 10.3 Å². The summed E-state index contributed by atoms with van der Waals surface area (Å²) in [6, 6.07) is 10.5. The summed E-state index contributed by atoms with van der Waals surface area (Å²) in [6.45, 7) is 0.893. The summed E-state index contributed by atoms with van der Waals surface area (Å²) >= 11 is 0. The van der Waals surface area contributed by atoms with Gasteiger partial charge in [0.25, 0.3) is 0 Å². The van der Waals surface area contributed by atoms with E-state index in [1.54, 1.807) is 47.6 Å². The van der Waals surface area contributed by atoms with Crippen LogP contribution in [-0.4, -0.2) is 29.3 Å². The molecule has 128 valence electrons. The van der Waals surface area contributed by atoms with Gasteiger partial charge in [-0.25, -0.2) is 0 Å². The Labute approximate surface area is 145 Å². The van der Waals surface area contributed by atoms with E-state index in [0.717, 1.165) is 17.7 Å². The van der Waals surface area contributed by atoms with Crippen molar-refractivity contribution >= 4 is 29.1 Å². The first-order valence-electron chi connectivity index (χ1n) is 8.02. The minimum atomic E-state index is -0.756. The zero-order valence-electron chi connectivity index (χ0n) is 13.6. The molecule has 1 aromatic heterocycles. The van der Waals surface area contributed by atoms with E-state index in [2.05, 4.69) is 15.6 Å². The minimum Gasteiger partial charge on any atom is -0.344 e. The van der Waals surface area contributed by atoms with E-state index in [4.69, 9.17) is 0 Å². The third kappa shape index (κ3) is 4.20. The van der Waals surface area contributed by atoms with Gasteiger partial charge in [0.05, 0.1) is 0 Å². The van der Waals surface area contributed by atoms with Gasteiger partial charge >= 0.3 is 11.8 Å². The lowest BCUT2D eigenvalue weighted by Gasteiger charge is -2.16. The van der Waals surface area contributed by atoms with Crippen molar-refractivity contribution in [3.63, 3.8) is 0 Å². The molecule has 1 aliphatic heterocycles. The lowest BCUT2D eigenvalue weighted by atomic mass is 10.2. The number of amides is 3. The molecule has 3 amide bonds.